The fraction of sp³-hybridized carbons (Fsp3) is 0.300. The van der Waals surface area contributed by atoms with E-state index in [1.54, 1.807) is 6.07 Å². The number of aryl methyl sites for hydroxylation is 1. The zero-order valence-electron chi connectivity index (χ0n) is 8.27. The third-order valence-corrected chi connectivity index (χ3v) is 2.76. The summed E-state index contributed by atoms with van der Waals surface area (Å²) < 4.78 is 13.8. The first kappa shape index (κ1) is 11.4. The summed E-state index contributed by atoms with van der Waals surface area (Å²) in [5.41, 5.74) is 0.680. The van der Waals surface area contributed by atoms with Crippen molar-refractivity contribution in [3.05, 3.63) is 28.0 Å². The lowest BCUT2D eigenvalue weighted by Crippen LogP contribution is -1.76. The van der Waals surface area contributed by atoms with E-state index in [0.29, 0.717) is 5.52 Å². The van der Waals surface area contributed by atoms with Gasteiger partial charge in [0, 0.05) is 6.07 Å². The minimum absolute atomic E-state index is 0.158. The second-order valence-corrected chi connectivity index (χ2v) is 4.11. The minimum atomic E-state index is -0.408. The molecule has 0 aliphatic carbocycles. The highest BCUT2D eigenvalue weighted by Gasteiger charge is 2.05. The topological polar surface area (TPSA) is 12.9 Å². The average molecular weight is 232 g/mol. The molecule has 0 unspecified atom stereocenters. The van der Waals surface area contributed by atoms with Crippen LogP contribution in [0, 0.1) is 12.7 Å². The molecule has 0 saturated carbocycles. The van der Waals surface area contributed by atoms with Gasteiger partial charge in [0.05, 0.1) is 20.2 Å². The van der Waals surface area contributed by atoms with Crippen molar-refractivity contribution in [3.63, 3.8) is 0 Å². The molecule has 1 nitrogen and oxygen atoms in total. The van der Waals surface area contributed by atoms with Crippen molar-refractivity contribution in [1.29, 1.82) is 0 Å². The third kappa shape index (κ3) is 2.22. The van der Waals surface area contributed by atoms with Gasteiger partial charge in [0.25, 0.3) is 0 Å². The number of nitrogens with zero attached hydrogens (tertiary/aromatic N) is 1. The predicted octanol–water partition coefficient (Wildman–Crippen LogP) is 4.42. The molecule has 0 aliphatic rings. The number of thiazole rings is 1. The lowest BCUT2D eigenvalue weighted by atomic mass is 10.3. The van der Waals surface area contributed by atoms with Crippen LogP contribution < -0.4 is 0 Å². The Hall–Kier alpha value is -0.670. The van der Waals surface area contributed by atoms with Crippen molar-refractivity contribution in [3.8, 4) is 0 Å². The van der Waals surface area contributed by atoms with E-state index in [0.717, 1.165) is 9.71 Å². The largest absolute Gasteiger partial charge is 0.241 e. The first-order chi connectivity index (χ1) is 6.66. The van der Waals surface area contributed by atoms with Gasteiger partial charge in [-0.05, 0) is 13.0 Å². The van der Waals surface area contributed by atoms with Crippen LogP contribution in [0.4, 0.5) is 4.39 Å². The third-order valence-electron chi connectivity index (χ3n) is 1.54. The van der Waals surface area contributed by atoms with E-state index >= 15 is 0 Å². The zero-order valence-corrected chi connectivity index (χ0v) is 9.84. The standard InChI is InChI=1S/C8H5ClFNS.C2H6/c1-4-11-7-3-6(10)5(9)2-8(7)12-4;1-2/h2-3H,1H3;1-2H3. The summed E-state index contributed by atoms with van der Waals surface area (Å²) in [6.45, 7) is 5.89. The fourth-order valence-electron chi connectivity index (χ4n) is 1.04. The van der Waals surface area contributed by atoms with Gasteiger partial charge in [-0.15, -0.1) is 11.3 Å². The molecule has 0 atom stereocenters. The van der Waals surface area contributed by atoms with Gasteiger partial charge < -0.3 is 0 Å². The van der Waals surface area contributed by atoms with Crippen molar-refractivity contribution in [2.24, 2.45) is 0 Å². The molecule has 0 fully saturated rings. The molecule has 1 aromatic carbocycles. The van der Waals surface area contributed by atoms with E-state index in [-0.39, 0.29) is 5.02 Å². The van der Waals surface area contributed by atoms with E-state index in [2.05, 4.69) is 4.98 Å². The van der Waals surface area contributed by atoms with Gasteiger partial charge >= 0.3 is 0 Å². The van der Waals surface area contributed by atoms with Crippen molar-refractivity contribution in [2.75, 3.05) is 0 Å². The summed E-state index contributed by atoms with van der Waals surface area (Å²) in [4.78, 5) is 4.13. The van der Waals surface area contributed by atoms with Crippen LogP contribution in [0.5, 0.6) is 0 Å². The maximum atomic E-state index is 12.9. The maximum Gasteiger partial charge on any atom is 0.144 e. The molecule has 1 heterocycles. The maximum absolute atomic E-state index is 12.9. The number of fused-ring (bicyclic) bond motifs is 1. The summed E-state index contributed by atoms with van der Waals surface area (Å²) in [7, 11) is 0. The lowest BCUT2D eigenvalue weighted by Gasteiger charge is -1.91. The molecule has 0 aliphatic heterocycles. The number of hydrogen-bond acceptors (Lipinski definition) is 2. The summed E-state index contributed by atoms with van der Waals surface area (Å²) in [6, 6.07) is 2.97. The minimum Gasteiger partial charge on any atom is -0.241 e. The van der Waals surface area contributed by atoms with Crippen LogP contribution in [0.2, 0.25) is 5.02 Å². The summed E-state index contributed by atoms with van der Waals surface area (Å²) in [5, 5.41) is 1.08. The van der Waals surface area contributed by atoms with Crippen LogP contribution in [-0.4, -0.2) is 4.98 Å². The number of aromatic nitrogens is 1. The molecule has 0 radical (unpaired) electrons. The van der Waals surface area contributed by atoms with Gasteiger partial charge in [0.1, 0.15) is 5.82 Å². The quantitative estimate of drug-likeness (QED) is 0.654. The molecule has 2 aromatic rings. The Balaban J connectivity index is 0.000000461. The molecule has 2 rings (SSSR count). The van der Waals surface area contributed by atoms with E-state index in [4.69, 9.17) is 11.6 Å². The second-order valence-electron chi connectivity index (χ2n) is 2.47. The zero-order chi connectivity index (χ0) is 10.7. The van der Waals surface area contributed by atoms with Gasteiger partial charge in [0.15, 0.2) is 0 Å². The second kappa shape index (κ2) is 4.71. The monoisotopic (exact) mass is 231 g/mol. The number of halogens is 2. The van der Waals surface area contributed by atoms with Crippen molar-refractivity contribution in [1.82, 2.24) is 4.98 Å². The summed E-state index contributed by atoms with van der Waals surface area (Å²) in [5.74, 6) is -0.408. The lowest BCUT2D eigenvalue weighted by molar-refractivity contribution is 0.630. The number of rotatable bonds is 0. The SMILES string of the molecule is CC.Cc1nc2cc(F)c(Cl)cc2s1. The molecule has 1 aromatic heterocycles. The molecular weight excluding hydrogens is 221 g/mol. The van der Waals surface area contributed by atoms with Crippen LogP contribution in [0.15, 0.2) is 12.1 Å². The molecule has 0 bridgehead atoms. The van der Waals surface area contributed by atoms with Crippen LogP contribution in [-0.2, 0) is 0 Å². The van der Waals surface area contributed by atoms with Crippen LogP contribution in [0.3, 0.4) is 0 Å². The van der Waals surface area contributed by atoms with Gasteiger partial charge in [-0.1, -0.05) is 25.4 Å². The Morgan fingerprint density at radius 3 is 2.64 bits per heavy atom. The predicted molar refractivity (Wildman–Crippen MR) is 60.7 cm³/mol. The van der Waals surface area contributed by atoms with Gasteiger partial charge in [0.2, 0.25) is 0 Å². The Morgan fingerprint density at radius 1 is 1.36 bits per heavy atom. The van der Waals surface area contributed by atoms with Crippen LogP contribution in [0.1, 0.15) is 18.9 Å². The normalized spacial score (nSPS) is 9.79. The number of hydrogen-bond donors (Lipinski definition) is 0. The summed E-state index contributed by atoms with van der Waals surface area (Å²) in [6.07, 6.45) is 0. The summed E-state index contributed by atoms with van der Waals surface area (Å²) >= 11 is 7.11. The van der Waals surface area contributed by atoms with Crippen LogP contribution >= 0.6 is 22.9 Å². The van der Waals surface area contributed by atoms with Crippen molar-refractivity contribution >= 4 is 33.2 Å². The van der Waals surface area contributed by atoms with E-state index in [9.17, 15) is 4.39 Å². The Bertz CT molecular complexity index is 400. The molecule has 0 spiro atoms. The van der Waals surface area contributed by atoms with E-state index in [1.807, 2.05) is 20.8 Å². The first-order valence-corrected chi connectivity index (χ1v) is 5.58. The highest BCUT2D eigenvalue weighted by Crippen LogP contribution is 2.26. The Labute approximate surface area is 91.5 Å². The van der Waals surface area contributed by atoms with E-state index in [1.165, 1.54) is 17.4 Å². The van der Waals surface area contributed by atoms with E-state index < -0.39 is 5.82 Å². The molecule has 0 amide bonds. The molecule has 0 saturated heterocycles. The highest BCUT2D eigenvalue weighted by atomic mass is 35.5. The van der Waals surface area contributed by atoms with Gasteiger partial charge in [-0.3, -0.25) is 0 Å². The molecule has 76 valence electrons. The molecular formula is C10H11ClFNS. The fourth-order valence-corrected chi connectivity index (χ4v) is 2.12. The average Bonchev–Trinajstić information content (AvgIpc) is 2.49. The van der Waals surface area contributed by atoms with Crippen LogP contribution in [0.25, 0.3) is 10.2 Å². The molecule has 4 heteroatoms. The first-order valence-electron chi connectivity index (χ1n) is 4.39. The van der Waals surface area contributed by atoms with Crippen molar-refractivity contribution < 1.29 is 4.39 Å². The molecule has 0 N–H and O–H groups in total. The molecule has 14 heavy (non-hydrogen) atoms. The Morgan fingerprint density at radius 2 is 2.00 bits per heavy atom. The van der Waals surface area contributed by atoms with Gasteiger partial charge in [-0.2, -0.15) is 0 Å². The Kier molecular flexibility index (Phi) is 3.84. The van der Waals surface area contributed by atoms with Gasteiger partial charge in [-0.25, -0.2) is 9.37 Å². The smallest absolute Gasteiger partial charge is 0.144 e. The highest BCUT2D eigenvalue weighted by molar-refractivity contribution is 7.18. The van der Waals surface area contributed by atoms with Crippen molar-refractivity contribution in [2.45, 2.75) is 20.8 Å². The number of benzene rings is 1.